The van der Waals surface area contributed by atoms with Crippen LogP contribution in [0.25, 0.3) is 22.0 Å². The van der Waals surface area contributed by atoms with E-state index in [4.69, 9.17) is 0 Å². The first-order valence-corrected chi connectivity index (χ1v) is 18.7. The van der Waals surface area contributed by atoms with Gasteiger partial charge in [0.2, 0.25) is 0 Å². The number of rotatable bonds is 3. The standard InChI is InChI=1S/C10H22Si2.C9H7.3C2H6N.Ti/c1-11(2,3)9-7-8-10-12(4,5)6;1-2-5-9-7-3-6-8(9)4-1;3*1-3-2;/h7-10H,1-6H3;1-7H;3*1-2H3;/q;;3*-1;+3. The van der Waals surface area contributed by atoms with Gasteiger partial charge in [-0.1, -0.05) is 62.8 Å². The van der Waals surface area contributed by atoms with Gasteiger partial charge in [-0.15, -0.1) is 0 Å². The van der Waals surface area contributed by atoms with Crippen LogP contribution < -0.4 is 0 Å². The molecule has 1 aliphatic rings. The molecule has 0 amide bonds. The fraction of sp³-hybridized carbons (Fsp3) is 0.520. The number of hydrogen-bond donors (Lipinski definition) is 0. The van der Waals surface area contributed by atoms with Gasteiger partial charge in [0.05, 0.1) is 16.1 Å². The Hall–Kier alpha value is -0.532. The molecule has 0 bridgehead atoms. The molecular weight excluding hydrogens is 446 g/mol. The van der Waals surface area contributed by atoms with Gasteiger partial charge in [-0.05, 0) is 0 Å². The quantitative estimate of drug-likeness (QED) is 0.302. The molecule has 6 heteroatoms. The Morgan fingerprint density at radius 1 is 0.710 bits per heavy atom. The minimum absolute atomic E-state index is 0.621. The molecule has 2 rings (SSSR count). The van der Waals surface area contributed by atoms with E-state index >= 15 is 0 Å². The summed E-state index contributed by atoms with van der Waals surface area (Å²) in [6, 6.07) is 8.54. The van der Waals surface area contributed by atoms with Crippen LogP contribution in [0, 0.1) is 0 Å². The summed E-state index contributed by atoms with van der Waals surface area (Å²) in [4.78, 5) is 0. The average Bonchev–Trinajstić information content (AvgIpc) is 3.02. The topological polar surface area (TPSA) is 42.3 Å². The molecule has 0 spiro atoms. The molecule has 0 aromatic heterocycles. The molecule has 1 aliphatic carbocycles. The Bertz CT molecular complexity index is 589. The van der Waals surface area contributed by atoms with Crippen molar-refractivity contribution in [2.45, 2.75) is 43.5 Å². The number of hydrogen-bond acceptors (Lipinski definition) is 0. The second-order valence-corrected chi connectivity index (χ2v) is 20.4. The third kappa shape index (κ3) is 27.4. The van der Waals surface area contributed by atoms with E-state index in [-0.39, 0.29) is 0 Å². The van der Waals surface area contributed by atoms with Crippen LogP contribution in [0.2, 0.25) is 39.3 Å². The van der Waals surface area contributed by atoms with E-state index in [1.54, 1.807) is 42.3 Å². The summed E-state index contributed by atoms with van der Waals surface area (Å²) in [7, 11) is 8.56. The molecule has 174 valence electrons. The van der Waals surface area contributed by atoms with Crippen LogP contribution in [0.3, 0.4) is 0 Å². The summed E-state index contributed by atoms with van der Waals surface area (Å²) in [6.45, 7) is 14.1. The molecule has 31 heavy (non-hydrogen) atoms. The Labute approximate surface area is 208 Å². The van der Waals surface area contributed by atoms with E-state index in [1.807, 2.05) is 0 Å². The molecule has 0 N–H and O–H groups in total. The molecular formula is C25H47N3Si2Ti. The fourth-order valence-corrected chi connectivity index (χ4v) is 3.88. The van der Waals surface area contributed by atoms with Crippen molar-refractivity contribution in [3.05, 3.63) is 81.0 Å². The third-order valence-electron chi connectivity index (χ3n) is 3.10. The molecule has 1 atom stereocenters. The van der Waals surface area contributed by atoms with Gasteiger partial charge in [-0.25, -0.2) is 0 Å². The van der Waals surface area contributed by atoms with Crippen molar-refractivity contribution in [1.82, 2.24) is 0 Å². The van der Waals surface area contributed by atoms with Gasteiger partial charge < -0.3 is 16.0 Å². The summed E-state index contributed by atoms with van der Waals surface area (Å²) >= 11 is 2.22. The normalized spacial score (nSPS) is 14.3. The van der Waals surface area contributed by atoms with Crippen molar-refractivity contribution in [3.8, 4) is 0 Å². The first-order chi connectivity index (χ1) is 14.3. The molecule has 1 unspecified atom stereocenters. The zero-order valence-corrected chi connectivity index (χ0v) is 25.8. The Morgan fingerprint density at radius 2 is 1.06 bits per heavy atom. The van der Waals surface area contributed by atoms with E-state index in [1.165, 1.54) is 11.1 Å². The van der Waals surface area contributed by atoms with Crippen LogP contribution in [0.1, 0.15) is 15.3 Å². The first kappa shape index (κ1) is 35.1. The number of nitrogens with zero attached hydrogens (tertiary/aromatic N) is 3. The van der Waals surface area contributed by atoms with Crippen LogP contribution in [0.4, 0.5) is 0 Å². The van der Waals surface area contributed by atoms with Gasteiger partial charge in [0.25, 0.3) is 0 Å². The van der Waals surface area contributed by atoms with Crippen LogP contribution in [0.15, 0.2) is 53.9 Å². The van der Waals surface area contributed by atoms with Crippen molar-refractivity contribution < 1.29 is 20.4 Å². The summed E-state index contributed by atoms with van der Waals surface area (Å²) in [6.07, 6.45) is 8.89. The summed E-state index contributed by atoms with van der Waals surface area (Å²) in [5, 5.41) is 10.5. The predicted octanol–water partition coefficient (Wildman–Crippen LogP) is 8.01. The van der Waals surface area contributed by atoms with Crippen LogP contribution in [-0.2, 0) is 20.4 Å². The molecule has 1 aromatic carbocycles. The molecule has 0 fully saturated rings. The summed E-state index contributed by atoms with van der Waals surface area (Å²) < 4.78 is 0.621. The Kier molecular flexibility index (Phi) is 24.1. The van der Waals surface area contributed by atoms with Crippen molar-refractivity contribution in [1.29, 1.82) is 0 Å². The zero-order valence-electron chi connectivity index (χ0n) is 22.2. The molecule has 0 radical (unpaired) electrons. The van der Waals surface area contributed by atoms with Crippen LogP contribution in [-0.4, -0.2) is 58.4 Å². The van der Waals surface area contributed by atoms with Gasteiger partial charge in [-0.3, -0.25) is 0 Å². The third-order valence-corrected chi connectivity index (χ3v) is 6.27. The second-order valence-electron chi connectivity index (χ2n) is 9.26. The van der Waals surface area contributed by atoms with E-state index in [2.05, 4.69) is 136 Å². The van der Waals surface area contributed by atoms with Crippen LogP contribution >= 0.6 is 0 Å². The van der Waals surface area contributed by atoms with Gasteiger partial charge in [0.1, 0.15) is 0 Å². The molecule has 0 saturated heterocycles. The molecule has 1 aromatic rings. The van der Waals surface area contributed by atoms with Crippen molar-refractivity contribution in [2.24, 2.45) is 0 Å². The molecule has 0 heterocycles. The summed E-state index contributed by atoms with van der Waals surface area (Å²) in [5.41, 5.74) is 7.60. The van der Waals surface area contributed by atoms with E-state index in [9.17, 15) is 0 Å². The predicted molar refractivity (Wildman–Crippen MR) is 149 cm³/mol. The van der Waals surface area contributed by atoms with Gasteiger partial charge in [-0.2, -0.15) is 42.3 Å². The van der Waals surface area contributed by atoms with Gasteiger partial charge in [0, 0.05) is 0 Å². The van der Waals surface area contributed by atoms with Gasteiger partial charge in [0.15, 0.2) is 0 Å². The van der Waals surface area contributed by atoms with Gasteiger partial charge >= 0.3 is 72.2 Å². The first-order valence-electron chi connectivity index (χ1n) is 10.6. The van der Waals surface area contributed by atoms with Crippen LogP contribution in [0.5, 0.6) is 0 Å². The number of fused-ring (bicyclic) bond motifs is 1. The Balaban J connectivity index is -0.000000369. The van der Waals surface area contributed by atoms with E-state index in [0.717, 1.165) is 0 Å². The number of benzene rings is 1. The van der Waals surface area contributed by atoms with E-state index < -0.39 is 16.1 Å². The zero-order chi connectivity index (χ0) is 24.9. The van der Waals surface area contributed by atoms with Crippen molar-refractivity contribution >= 4 is 22.2 Å². The average molecular weight is 494 g/mol. The second kappa shape index (κ2) is 21.3. The molecule has 0 saturated carbocycles. The molecule has 3 nitrogen and oxygen atoms in total. The SMILES string of the molecule is C[N-]C.C[N-]C.C[N-]C.C[Si](C)(C)C=CC=C[Si](C)(C)C.[Ti+3][CH]1C=Cc2ccccc21. The fourth-order valence-electron chi connectivity index (χ4n) is 1.94. The maximum absolute atomic E-state index is 3.50. The van der Waals surface area contributed by atoms with Crippen molar-refractivity contribution in [2.75, 3.05) is 42.3 Å². The van der Waals surface area contributed by atoms with E-state index in [0.29, 0.717) is 4.22 Å². The maximum atomic E-state index is 3.50. The number of allylic oxidation sites excluding steroid dienone is 3. The summed E-state index contributed by atoms with van der Waals surface area (Å²) in [5.74, 6) is 0. The minimum atomic E-state index is -0.970. The Morgan fingerprint density at radius 3 is 1.39 bits per heavy atom. The molecule has 0 aliphatic heterocycles. The van der Waals surface area contributed by atoms with Crippen molar-refractivity contribution in [3.63, 3.8) is 0 Å². The monoisotopic (exact) mass is 493 g/mol.